The molecule has 0 radical (unpaired) electrons. The van der Waals surface area contributed by atoms with Crippen LogP contribution in [0, 0.1) is 19.8 Å². The minimum atomic E-state index is -3.90. The molecule has 156 valence electrons. The summed E-state index contributed by atoms with van der Waals surface area (Å²) in [6, 6.07) is 12.2. The largest absolute Gasteiger partial charge is 0.454 e. The van der Waals surface area contributed by atoms with Crippen molar-refractivity contribution in [2.75, 3.05) is 11.9 Å². The molecular formula is C21H26N2O5S. The lowest BCUT2D eigenvalue weighted by molar-refractivity contribution is -0.150. The molecule has 7 nitrogen and oxygen atoms in total. The van der Waals surface area contributed by atoms with E-state index >= 15 is 0 Å². The third-order valence-corrected chi connectivity index (χ3v) is 5.56. The van der Waals surface area contributed by atoms with Crippen molar-refractivity contribution < 1.29 is 22.7 Å². The molecule has 0 spiro atoms. The van der Waals surface area contributed by atoms with E-state index in [0.717, 1.165) is 11.1 Å². The molecular weight excluding hydrogens is 392 g/mol. The van der Waals surface area contributed by atoms with Crippen LogP contribution < -0.4 is 10.0 Å². The third kappa shape index (κ3) is 6.69. The summed E-state index contributed by atoms with van der Waals surface area (Å²) in [6.07, 6.45) is 0. The second kappa shape index (κ2) is 9.67. The number of aryl methyl sites for hydroxylation is 2. The van der Waals surface area contributed by atoms with Gasteiger partial charge in [-0.3, -0.25) is 9.59 Å². The Balaban J connectivity index is 1.99. The minimum Gasteiger partial charge on any atom is -0.454 e. The fourth-order valence-corrected chi connectivity index (χ4v) is 4.12. The van der Waals surface area contributed by atoms with Crippen LogP contribution in [0.5, 0.6) is 0 Å². The Labute approximate surface area is 171 Å². The summed E-state index contributed by atoms with van der Waals surface area (Å²) >= 11 is 0. The van der Waals surface area contributed by atoms with Gasteiger partial charge in [-0.2, -0.15) is 4.72 Å². The van der Waals surface area contributed by atoms with Crippen LogP contribution in [-0.4, -0.2) is 32.9 Å². The van der Waals surface area contributed by atoms with E-state index in [1.165, 1.54) is 12.1 Å². The molecule has 0 fully saturated rings. The Morgan fingerprint density at radius 2 is 1.59 bits per heavy atom. The Morgan fingerprint density at radius 1 is 1.00 bits per heavy atom. The summed E-state index contributed by atoms with van der Waals surface area (Å²) in [4.78, 5) is 24.6. The number of hydrogen-bond donors (Lipinski definition) is 2. The van der Waals surface area contributed by atoms with Gasteiger partial charge in [0.1, 0.15) is 6.04 Å². The summed E-state index contributed by atoms with van der Waals surface area (Å²) in [7, 11) is -3.90. The summed E-state index contributed by atoms with van der Waals surface area (Å²) in [5.74, 6) is -1.68. The molecule has 0 aliphatic rings. The number of carbonyl (C=O) groups excluding carboxylic acids is 2. The molecule has 8 heteroatoms. The fraction of sp³-hybridized carbons (Fsp3) is 0.333. The molecule has 29 heavy (non-hydrogen) atoms. The van der Waals surface area contributed by atoms with Crippen LogP contribution in [0.3, 0.4) is 0 Å². The first kappa shape index (κ1) is 22.6. The number of anilines is 1. The summed E-state index contributed by atoms with van der Waals surface area (Å²) in [5.41, 5.74) is 2.59. The van der Waals surface area contributed by atoms with Crippen molar-refractivity contribution in [2.24, 2.45) is 5.92 Å². The zero-order valence-corrected chi connectivity index (χ0v) is 17.7. The number of ether oxygens (including phenoxy) is 1. The van der Waals surface area contributed by atoms with Crippen molar-refractivity contribution in [2.45, 2.75) is 38.6 Å². The average Bonchev–Trinajstić information content (AvgIpc) is 2.64. The number of hydrogen-bond acceptors (Lipinski definition) is 5. The molecule has 0 aromatic heterocycles. The van der Waals surface area contributed by atoms with Gasteiger partial charge < -0.3 is 10.1 Å². The van der Waals surface area contributed by atoms with Crippen molar-refractivity contribution in [3.8, 4) is 0 Å². The normalized spacial score (nSPS) is 12.4. The monoisotopic (exact) mass is 418 g/mol. The van der Waals surface area contributed by atoms with Gasteiger partial charge in [-0.05, 0) is 55.2 Å². The van der Waals surface area contributed by atoms with E-state index in [0.29, 0.717) is 5.69 Å². The van der Waals surface area contributed by atoms with Crippen molar-refractivity contribution in [1.82, 2.24) is 4.72 Å². The van der Waals surface area contributed by atoms with Crippen molar-refractivity contribution in [3.05, 3.63) is 59.7 Å². The van der Waals surface area contributed by atoms with E-state index in [1.54, 1.807) is 44.2 Å². The van der Waals surface area contributed by atoms with Gasteiger partial charge in [-0.15, -0.1) is 0 Å². The molecule has 0 unspecified atom stereocenters. The molecule has 0 bridgehead atoms. The van der Waals surface area contributed by atoms with Gasteiger partial charge in [0.15, 0.2) is 6.61 Å². The quantitative estimate of drug-likeness (QED) is 0.642. The van der Waals surface area contributed by atoms with Gasteiger partial charge in [0.2, 0.25) is 10.0 Å². The fourth-order valence-electron chi connectivity index (χ4n) is 2.76. The van der Waals surface area contributed by atoms with E-state index in [9.17, 15) is 18.0 Å². The maximum absolute atomic E-state index is 12.5. The topological polar surface area (TPSA) is 102 Å². The first-order valence-corrected chi connectivity index (χ1v) is 10.7. The molecule has 2 rings (SSSR count). The van der Waals surface area contributed by atoms with Crippen LogP contribution in [0.2, 0.25) is 0 Å². The third-order valence-electron chi connectivity index (χ3n) is 4.11. The molecule has 2 N–H and O–H groups in total. The number of amides is 1. The lowest BCUT2D eigenvalue weighted by Gasteiger charge is -2.20. The number of nitrogens with one attached hydrogen (secondary N) is 2. The maximum atomic E-state index is 12.5. The van der Waals surface area contributed by atoms with Crippen molar-refractivity contribution in [1.29, 1.82) is 0 Å². The van der Waals surface area contributed by atoms with Gasteiger partial charge in [-0.1, -0.05) is 38.1 Å². The molecule has 2 aromatic rings. The van der Waals surface area contributed by atoms with E-state index in [2.05, 4.69) is 10.0 Å². The molecule has 1 atom stereocenters. The minimum absolute atomic E-state index is 0.0472. The number of rotatable bonds is 8. The molecule has 1 amide bonds. The Hall–Kier alpha value is -2.71. The van der Waals surface area contributed by atoms with E-state index < -0.39 is 34.5 Å². The van der Waals surface area contributed by atoms with Gasteiger partial charge in [0.05, 0.1) is 4.90 Å². The van der Waals surface area contributed by atoms with Gasteiger partial charge >= 0.3 is 5.97 Å². The number of esters is 1. The number of benzene rings is 2. The summed E-state index contributed by atoms with van der Waals surface area (Å²) < 4.78 is 32.4. The maximum Gasteiger partial charge on any atom is 0.324 e. The standard InChI is InChI=1S/C21H26N2O5S/c1-14(2)20(23-29(26,27)18-8-6-5-7-9-18)21(25)28-13-19(24)22-17-11-15(3)10-16(4)12-17/h5-12,14,20,23H,13H2,1-4H3,(H,22,24)/t20-/m1/s1. The average molecular weight is 419 g/mol. The van der Waals surface area contributed by atoms with Crippen LogP contribution in [0.15, 0.2) is 53.4 Å². The van der Waals surface area contributed by atoms with Gasteiger partial charge in [0, 0.05) is 5.69 Å². The van der Waals surface area contributed by atoms with Crippen LogP contribution in [0.1, 0.15) is 25.0 Å². The van der Waals surface area contributed by atoms with Gasteiger partial charge in [-0.25, -0.2) is 8.42 Å². The molecule has 2 aromatic carbocycles. The Kier molecular flexibility index (Phi) is 7.53. The molecule has 0 saturated carbocycles. The van der Waals surface area contributed by atoms with E-state index in [1.807, 2.05) is 19.9 Å². The van der Waals surface area contributed by atoms with Crippen LogP contribution in [0.4, 0.5) is 5.69 Å². The first-order valence-electron chi connectivity index (χ1n) is 9.20. The van der Waals surface area contributed by atoms with E-state index in [4.69, 9.17) is 4.74 Å². The first-order chi connectivity index (χ1) is 13.6. The smallest absolute Gasteiger partial charge is 0.324 e. The lowest BCUT2D eigenvalue weighted by Crippen LogP contribution is -2.45. The number of carbonyl (C=O) groups is 2. The second-order valence-electron chi connectivity index (χ2n) is 7.19. The second-order valence-corrected chi connectivity index (χ2v) is 8.90. The Bertz CT molecular complexity index is 952. The van der Waals surface area contributed by atoms with Gasteiger partial charge in [0.25, 0.3) is 5.91 Å². The predicted molar refractivity (Wildman–Crippen MR) is 111 cm³/mol. The zero-order valence-electron chi connectivity index (χ0n) is 16.9. The van der Waals surface area contributed by atoms with Crippen molar-refractivity contribution >= 4 is 27.6 Å². The zero-order chi connectivity index (χ0) is 21.6. The van der Waals surface area contributed by atoms with Crippen LogP contribution >= 0.6 is 0 Å². The Morgan fingerprint density at radius 3 is 2.14 bits per heavy atom. The molecule has 0 heterocycles. The molecule has 0 aliphatic carbocycles. The highest BCUT2D eigenvalue weighted by molar-refractivity contribution is 7.89. The SMILES string of the molecule is Cc1cc(C)cc(NC(=O)COC(=O)[C@H](NS(=O)(=O)c2ccccc2)C(C)C)c1. The highest BCUT2D eigenvalue weighted by Gasteiger charge is 2.30. The predicted octanol–water partition coefficient (Wildman–Crippen LogP) is 2.79. The number of sulfonamides is 1. The van der Waals surface area contributed by atoms with Crippen molar-refractivity contribution in [3.63, 3.8) is 0 Å². The lowest BCUT2D eigenvalue weighted by atomic mass is 10.1. The highest BCUT2D eigenvalue weighted by Crippen LogP contribution is 2.14. The van der Waals surface area contributed by atoms with E-state index in [-0.39, 0.29) is 10.8 Å². The van der Waals surface area contributed by atoms with Crippen LogP contribution in [-0.2, 0) is 24.3 Å². The molecule has 0 aliphatic heterocycles. The summed E-state index contributed by atoms with van der Waals surface area (Å²) in [6.45, 7) is 6.69. The van der Waals surface area contributed by atoms with Crippen LogP contribution in [0.25, 0.3) is 0 Å². The highest BCUT2D eigenvalue weighted by atomic mass is 32.2. The molecule has 0 saturated heterocycles. The summed E-state index contributed by atoms with van der Waals surface area (Å²) in [5, 5.41) is 2.67.